The lowest BCUT2D eigenvalue weighted by Crippen LogP contribution is -2.66. The van der Waals surface area contributed by atoms with Gasteiger partial charge >= 0.3 is 5.97 Å². The number of aliphatic hydroxyl groups is 4. The first-order chi connectivity index (χ1) is 14.0. The van der Waals surface area contributed by atoms with Gasteiger partial charge in [-0.05, 0) is 91.3 Å². The molecule has 0 heterocycles. The highest BCUT2D eigenvalue weighted by Crippen LogP contribution is 2.68. The highest BCUT2D eigenvalue weighted by Gasteiger charge is 2.67. The van der Waals surface area contributed by atoms with Gasteiger partial charge in [0.05, 0.1) is 24.4 Å². The molecule has 0 spiro atoms. The van der Waals surface area contributed by atoms with Crippen LogP contribution in [0.2, 0.25) is 0 Å². The van der Waals surface area contributed by atoms with Gasteiger partial charge in [-0.1, -0.05) is 20.8 Å². The number of fused-ring (bicyclic) bond motifs is 5. The summed E-state index contributed by atoms with van der Waals surface area (Å²) in [6.07, 6.45) is 2.67. The van der Waals surface area contributed by atoms with E-state index in [0.29, 0.717) is 25.7 Å². The zero-order valence-electron chi connectivity index (χ0n) is 18.6. The molecule has 4 aliphatic rings. The molecule has 4 fully saturated rings. The number of carbonyl (C=O) groups is 1. The number of aliphatic hydroxyl groups excluding tert-OH is 4. The number of hydrogen-bond acceptors (Lipinski definition) is 5. The zero-order valence-corrected chi connectivity index (χ0v) is 18.6. The normalized spacial score (nSPS) is 54.0. The Bertz CT molecular complexity index is 668. The molecule has 4 rings (SSSR count). The summed E-state index contributed by atoms with van der Waals surface area (Å²) in [4.78, 5) is 11.1. The third-order valence-corrected chi connectivity index (χ3v) is 10.4. The van der Waals surface area contributed by atoms with Crippen LogP contribution in [0.1, 0.15) is 72.1 Å². The molecule has 0 aromatic rings. The third-order valence-electron chi connectivity index (χ3n) is 10.4. The van der Waals surface area contributed by atoms with Gasteiger partial charge in [-0.25, -0.2) is 0 Å². The largest absolute Gasteiger partial charge is 0.481 e. The van der Waals surface area contributed by atoms with Crippen LogP contribution in [0.4, 0.5) is 0 Å². The summed E-state index contributed by atoms with van der Waals surface area (Å²) in [6, 6.07) is 0. The summed E-state index contributed by atoms with van der Waals surface area (Å²) in [6.45, 7) is 6.45. The van der Waals surface area contributed by atoms with E-state index in [1.54, 1.807) is 0 Å². The minimum atomic E-state index is -0.839. The van der Waals surface area contributed by atoms with Crippen molar-refractivity contribution in [2.75, 3.05) is 0 Å². The minimum Gasteiger partial charge on any atom is -0.481 e. The van der Waals surface area contributed by atoms with Gasteiger partial charge in [-0.15, -0.1) is 0 Å². The van der Waals surface area contributed by atoms with Crippen molar-refractivity contribution in [3.05, 3.63) is 0 Å². The SMILES string of the molecule is C[C@H](CCC(=O)O)[C@H]1CC[C@H]2[C@@H]3[C@H](O)[C@@H](O)[C@@H]4C[C@H](O)CC[C@]4(C)[C@H]3C[C@H](O)[C@]12C. The van der Waals surface area contributed by atoms with Gasteiger partial charge < -0.3 is 25.5 Å². The molecular formula is C24H40O6. The summed E-state index contributed by atoms with van der Waals surface area (Å²) < 4.78 is 0. The van der Waals surface area contributed by atoms with Gasteiger partial charge in [0, 0.05) is 6.42 Å². The van der Waals surface area contributed by atoms with Crippen molar-refractivity contribution in [3.8, 4) is 0 Å². The molecular weight excluding hydrogens is 384 g/mol. The molecule has 0 aromatic carbocycles. The van der Waals surface area contributed by atoms with Crippen molar-refractivity contribution in [3.63, 3.8) is 0 Å². The Labute approximate surface area is 179 Å². The predicted octanol–water partition coefficient (Wildman–Crippen LogP) is 2.42. The Hall–Kier alpha value is -0.690. The zero-order chi connectivity index (χ0) is 22.0. The first-order valence-electron chi connectivity index (χ1n) is 12.0. The van der Waals surface area contributed by atoms with E-state index in [4.69, 9.17) is 5.11 Å². The highest BCUT2D eigenvalue weighted by atomic mass is 16.4. The lowest BCUT2D eigenvalue weighted by atomic mass is 9.42. The van der Waals surface area contributed by atoms with E-state index in [-0.39, 0.29) is 52.8 Å². The average molecular weight is 425 g/mol. The second kappa shape index (κ2) is 7.72. The van der Waals surface area contributed by atoms with Crippen molar-refractivity contribution in [2.45, 2.75) is 96.6 Å². The maximum atomic E-state index is 11.5. The fourth-order valence-electron chi connectivity index (χ4n) is 8.72. The first-order valence-corrected chi connectivity index (χ1v) is 12.0. The van der Waals surface area contributed by atoms with Crippen LogP contribution in [-0.4, -0.2) is 55.9 Å². The predicted molar refractivity (Wildman–Crippen MR) is 111 cm³/mol. The second-order valence-corrected chi connectivity index (χ2v) is 11.5. The van der Waals surface area contributed by atoms with Crippen LogP contribution in [-0.2, 0) is 4.79 Å². The van der Waals surface area contributed by atoms with Crippen LogP contribution >= 0.6 is 0 Å². The molecule has 172 valence electrons. The van der Waals surface area contributed by atoms with Crippen molar-refractivity contribution in [2.24, 2.45) is 46.3 Å². The molecule has 6 nitrogen and oxygen atoms in total. The van der Waals surface area contributed by atoms with Crippen LogP contribution < -0.4 is 0 Å². The van der Waals surface area contributed by atoms with Crippen molar-refractivity contribution >= 4 is 5.97 Å². The van der Waals surface area contributed by atoms with Crippen LogP contribution in [0.25, 0.3) is 0 Å². The molecule has 5 N–H and O–H groups in total. The van der Waals surface area contributed by atoms with Crippen LogP contribution in [0.15, 0.2) is 0 Å². The van der Waals surface area contributed by atoms with E-state index < -0.39 is 30.4 Å². The fraction of sp³-hybridized carbons (Fsp3) is 0.958. The summed E-state index contributed by atoms with van der Waals surface area (Å²) >= 11 is 0. The van der Waals surface area contributed by atoms with Gasteiger partial charge in [0.2, 0.25) is 0 Å². The highest BCUT2D eigenvalue weighted by molar-refractivity contribution is 5.66. The molecule has 0 unspecified atom stereocenters. The van der Waals surface area contributed by atoms with Crippen LogP contribution in [0.5, 0.6) is 0 Å². The lowest BCUT2D eigenvalue weighted by molar-refractivity contribution is -0.243. The molecule has 0 aliphatic heterocycles. The smallest absolute Gasteiger partial charge is 0.303 e. The Morgan fingerprint density at radius 2 is 1.67 bits per heavy atom. The van der Waals surface area contributed by atoms with Crippen LogP contribution in [0.3, 0.4) is 0 Å². The quantitative estimate of drug-likeness (QED) is 0.473. The number of hydrogen-bond donors (Lipinski definition) is 5. The Morgan fingerprint density at radius 1 is 0.967 bits per heavy atom. The number of rotatable bonds is 4. The molecule has 4 aliphatic carbocycles. The van der Waals surface area contributed by atoms with Crippen molar-refractivity contribution in [1.29, 1.82) is 0 Å². The molecule has 0 radical (unpaired) electrons. The summed E-state index contributed by atoms with van der Waals surface area (Å²) in [5.41, 5.74) is -0.547. The fourth-order valence-corrected chi connectivity index (χ4v) is 8.72. The standard InChI is InChI=1S/C24H40O6/c1-12(4-7-19(27)28)14-5-6-15-20-16(11-18(26)24(14,15)3)23(2)9-8-13(25)10-17(23)21(29)22(20)30/h12-18,20-22,25-26,29-30H,4-11H2,1-3H3,(H,27,28)/t12-,13-,14-,15+,16+,17+,18+,20+,21+,22+,23-,24-/m1/s1. The molecule has 0 aromatic heterocycles. The molecule has 0 bridgehead atoms. The Balaban J connectivity index is 1.64. The molecule has 0 amide bonds. The molecule has 0 saturated heterocycles. The molecule has 12 atom stereocenters. The number of carboxylic acid groups (broad SMARTS) is 1. The van der Waals surface area contributed by atoms with Gasteiger partial charge in [-0.2, -0.15) is 0 Å². The monoisotopic (exact) mass is 424 g/mol. The van der Waals surface area contributed by atoms with Gasteiger partial charge in [0.1, 0.15) is 0 Å². The van der Waals surface area contributed by atoms with E-state index in [9.17, 15) is 25.2 Å². The third kappa shape index (κ3) is 3.16. The summed E-state index contributed by atoms with van der Waals surface area (Å²) in [5.74, 6) is -0.299. The lowest BCUT2D eigenvalue weighted by Gasteiger charge is -2.64. The van der Waals surface area contributed by atoms with Gasteiger partial charge in [-0.3, -0.25) is 4.79 Å². The van der Waals surface area contributed by atoms with E-state index in [2.05, 4.69) is 20.8 Å². The summed E-state index contributed by atoms with van der Waals surface area (Å²) in [7, 11) is 0. The van der Waals surface area contributed by atoms with E-state index >= 15 is 0 Å². The first kappa shape index (κ1) is 22.5. The number of carboxylic acids is 1. The Morgan fingerprint density at radius 3 is 2.33 bits per heavy atom. The number of aliphatic carboxylic acids is 1. The maximum absolute atomic E-state index is 11.5. The van der Waals surface area contributed by atoms with Crippen molar-refractivity contribution in [1.82, 2.24) is 0 Å². The van der Waals surface area contributed by atoms with E-state index in [0.717, 1.165) is 19.3 Å². The second-order valence-electron chi connectivity index (χ2n) is 11.5. The Kier molecular flexibility index (Phi) is 5.79. The van der Waals surface area contributed by atoms with Crippen molar-refractivity contribution < 1.29 is 30.3 Å². The van der Waals surface area contributed by atoms with Gasteiger partial charge in [0.15, 0.2) is 0 Å². The minimum absolute atomic E-state index is 0.0541. The molecule has 30 heavy (non-hydrogen) atoms. The van der Waals surface area contributed by atoms with E-state index in [1.807, 2.05) is 0 Å². The van der Waals surface area contributed by atoms with Crippen LogP contribution in [0, 0.1) is 46.3 Å². The van der Waals surface area contributed by atoms with E-state index in [1.165, 1.54) is 0 Å². The van der Waals surface area contributed by atoms with Gasteiger partial charge in [0.25, 0.3) is 0 Å². The maximum Gasteiger partial charge on any atom is 0.303 e. The average Bonchev–Trinajstić information content (AvgIpc) is 3.05. The topological polar surface area (TPSA) is 118 Å². The summed E-state index contributed by atoms with van der Waals surface area (Å²) in [5, 5.41) is 53.1. The molecule has 6 heteroatoms. The molecule has 4 saturated carbocycles.